The van der Waals surface area contributed by atoms with E-state index in [1.807, 2.05) is 14.1 Å². The molecule has 3 N–H and O–H groups in total. The molecule has 112 valence electrons. The van der Waals surface area contributed by atoms with Gasteiger partial charge in [0.15, 0.2) is 0 Å². The molecule has 0 aromatic heterocycles. The van der Waals surface area contributed by atoms with E-state index in [1.165, 1.54) is 0 Å². The van der Waals surface area contributed by atoms with E-state index in [0.717, 1.165) is 25.8 Å². The van der Waals surface area contributed by atoms with Crippen molar-refractivity contribution in [1.82, 2.24) is 10.2 Å². The molecule has 0 radical (unpaired) electrons. The zero-order valence-electron chi connectivity index (χ0n) is 12.5. The minimum atomic E-state index is -0.0227. The van der Waals surface area contributed by atoms with Gasteiger partial charge in [-0.05, 0) is 32.9 Å². The summed E-state index contributed by atoms with van der Waals surface area (Å²) in [5.41, 5.74) is 6.11. The van der Waals surface area contributed by atoms with Gasteiger partial charge in [0.1, 0.15) is 0 Å². The molecule has 1 saturated carbocycles. The Morgan fingerprint density at radius 3 is 2.79 bits per heavy atom. The van der Waals surface area contributed by atoms with Crippen molar-refractivity contribution in [3.05, 3.63) is 0 Å². The lowest BCUT2D eigenvalue weighted by atomic mass is 9.78. The van der Waals surface area contributed by atoms with E-state index in [9.17, 15) is 4.79 Å². The quantitative estimate of drug-likeness (QED) is 0.660. The summed E-state index contributed by atoms with van der Waals surface area (Å²) in [4.78, 5) is 14.1. The smallest absolute Gasteiger partial charge is 0.224 e. The number of nitrogens with two attached hydrogens (primary N) is 1. The van der Waals surface area contributed by atoms with Crippen LogP contribution in [0.25, 0.3) is 0 Å². The molecule has 0 aromatic carbocycles. The minimum Gasteiger partial charge on any atom is -0.378 e. The Hall–Kier alpha value is -0.650. The summed E-state index contributed by atoms with van der Waals surface area (Å²) in [7, 11) is 4.02. The number of amides is 1. The average Bonchev–Trinajstić information content (AvgIpc) is 2.36. The highest BCUT2D eigenvalue weighted by atomic mass is 16.5. The van der Waals surface area contributed by atoms with E-state index in [4.69, 9.17) is 10.5 Å². The third kappa shape index (κ3) is 5.89. The Labute approximate surface area is 116 Å². The standard InChI is InChI=1S/C14H29N3O2/c1-11-5-4-6-12(13(11)15)14(18)16-7-9-19-10-8-17(2)3/h11-13H,4-10,15H2,1-3H3,(H,16,18). The largest absolute Gasteiger partial charge is 0.378 e. The summed E-state index contributed by atoms with van der Waals surface area (Å²) in [6.45, 7) is 4.87. The first-order valence-electron chi connectivity index (χ1n) is 7.28. The van der Waals surface area contributed by atoms with Crippen LogP contribution >= 0.6 is 0 Å². The zero-order chi connectivity index (χ0) is 14.3. The molecule has 1 aliphatic rings. The van der Waals surface area contributed by atoms with Crippen molar-refractivity contribution in [2.45, 2.75) is 32.2 Å². The highest BCUT2D eigenvalue weighted by molar-refractivity contribution is 5.79. The molecule has 0 bridgehead atoms. The van der Waals surface area contributed by atoms with Crippen molar-refractivity contribution in [2.24, 2.45) is 17.6 Å². The second-order valence-electron chi connectivity index (χ2n) is 5.80. The number of ether oxygens (including phenoxy) is 1. The molecule has 3 unspecified atom stereocenters. The van der Waals surface area contributed by atoms with Crippen LogP contribution in [-0.4, -0.2) is 57.2 Å². The van der Waals surface area contributed by atoms with Crippen LogP contribution < -0.4 is 11.1 Å². The van der Waals surface area contributed by atoms with Gasteiger partial charge in [0.05, 0.1) is 19.1 Å². The molecule has 5 heteroatoms. The van der Waals surface area contributed by atoms with Crippen LogP contribution in [0.4, 0.5) is 0 Å². The molecule has 0 aromatic rings. The molecule has 0 saturated heterocycles. The van der Waals surface area contributed by atoms with Crippen molar-refractivity contribution in [2.75, 3.05) is 40.4 Å². The number of rotatable bonds is 7. The molecule has 1 aliphatic carbocycles. The van der Waals surface area contributed by atoms with Gasteiger partial charge in [-0.2, -0.15) is 0 Å². The van der Waals surface area contributed by atoms with Crippen LogP contribution in [0.1, 0.15) is 26.2 Å². The maximum Gasteiger partial charge on any atom is 0.224 e. The van der Waals surface area contributed by atoms with E-state index in [2.05, 4.69) is 17.1 Å². The predicted octanol–water partition coefficient (Wildman–Crippen LogP) is 0.444. The molecule has 19 heavy (non-hydrogen) atoms. The zero-order valence-corrected chi connectivity index (χ0v) is 12.5. The number of nitrogens with one attached hydrogen (secondary N) is 1. The van der Waals surface area contributed by atoms with Gasteiger partial charge in [0.25, 0.3) is 0 Å². The summed E-state index contributed by atoms with van der Waals surface area (Å²) >= 11 is 0. The fourth-order valence-electron chi connectivity index (χ4n) is 2.47. The summed E-state index contributed by atoms with van der Waals surface area (Å²) in [5, 5.41) is 2.93. The SMILES string of the molecule is CC1CCCC(C(=O)NCCOCCN(C)C)C1N. The van der Waals surface area contributed by atoms with Gasteiger partial charge < -0.3 is 20.7 Å². The van der Waals surface area contributed by atoms with E-state index in [1.54, 1.807) is 0 Å². The number of carbonyl (C=O) groups is 1. The summed E-state index contributed by atoms with van der Waals surface area (Å²) < 4.78 is 5.44. The lowest BCUT2D eigenvalue weighted by molar-refractivity contribution is -0.127. The van der Waals surface area contributed by atoms with Gasteiger partial charge in [-0.3, -0.25) is 4.79 Å². The van der Waals surface area contributed by atoms with E-state index >= 15 is 0 Å². The third-order valence-electron chi connectivity index (χ3n) is 3.86. The summed E-state index contributed by atoms with van der Waals surface area (Å²) in [5.74, 6) is 0.515. The highest BCUT2D eigenvalue weighted by Crippen LogP contribution is 2.27. The topological polar surface area (TPSA) is 67.6 Å². The Balaban J connectivity index is 2.13. The van der Waals surface area contributed by atoms with Crippen LogP contribution in [0.15, 0.2) is 0 Å². The fourth-order valence-corrected chi connectivity index (χ4v) is 2.47. The first-order chi connectivity index (χ1) is 9.02. The van der Waals surface area contributed by atoms with Gasteiger partial charge in [0.2, 0.25) is 5.91 Å². The lowest BCUT2D eigenvalue weighted by Crippen LogP contribution is -2.47. The number of hydrogen-bond donors (Lipinski definition) is 2. The Morgan fingerprint density at radius 1 is 1.37 bits per heavy atom. The van der Waals surface area contributed by atoms with E-state index in [-0.39, 0.29) is 17.9 Å². The number of nitrogens with zero attached hydrogens (tertiary/aromatic N) is 1. The average molecular weight is 271 g/mol. The first kappa shape index (κ1) is 16.4. The van der Waals surface area contributed by atoms with E-state index in [0.29, 0.717) is 25.7 Å². The molecule has 0 heterocycles. The maximum atomic E-state index is 12.0. The summed E-state index contributed by atoms with van der Waals surface area (Å²) in [6.07, 6.45) is 3.16. The molecular formula is C14H29N3O2. The normalized spacial score (nSPS) is 27.5. The molecule has 0 spiro atoms. The maximum absolute atomic E-state index is 12.0. The predicted molar refractivity (Wildman–Crippen MR) is 76.9 cm³/mol. The molecular weight excluding hydrogens is 242 g/mol. The van der Waals surface area contributed by atoms with Crippen LogP contribution in [0.3, 0.4) is 0 Å². The van der Waals surface area contributed by atoms with Crippen molar-refractivity contribution >= 4 is 5.91 Å². The molecule has 5 nitrogen and oxygen atoms in total. The van der Waals surface area contributed by atoms with Crippen molar-refractivity contribution in [1.29, 1.82) is 0 Å². The Morgan fingerprint density at radius 2 is 2.11 bits per heavy atom. The Kier molecular flexibility index (Phi) is 7.34. The van der Waals surface area contributed by atoms with Crippen molar-refractivity contribution in [3.63, 3.8) is 0 Å². The Bertz CT molecular complexity index is 271. The fraction of sp³-hybridized carbons (Fsp3) is 0.929. The van der Waals surface area contributed by atoms with Crippen LogP contribution in [-0.2, 0) is 9.53 Å². The van der Waals surface area contributed by atoms with Crippen LogP contribution in [0, 0.1) is 11.8 Å². The van der Waals surface area contributed by atoms with Crippen molar-refractivity contribution < 1.29 is 9.53 Å². The highest BCUT2D eigenvalue weighted by Gasteiger charge is 2.32. The second kappa shape index (κ2) is 8.51. The number of likely N-dealkylation sites (N-methyl/N-ethyl adjacent to an activating group) is 1. The number of carbonyl (C=O) groups excluding carboxylic acids is 1. The van der Waals surface area contributed by atoms with Crippen LogP contribution in [0.2, 0.25) is 0 Å². The minimum absolute atomic E-state index is 0.00316. The molecule has 3 atom stereocenters. The summed E-state index contributed by atoms with van der Waals surface area (Å²) in [6, 6.07) is 0.00316. The molecule has 1 fully saturated rings. The van der Waals surface area contributed by atoms with Gasteiger partial charge >= 0.3 is 0 Å². The van der Waals surface area contributed by atoms with Gasteiger partial charge in [-0.15, -0.1) is 0 Å². The number of hydrogen-bond acceptors (Lipinski definition) is 4. The van der Waals surface area contributed by atoms with Gasteiger partial charge in [-0.1, -0.05) is 13.3 Å². The molecule has 0 aliphatic heterocycles. The lowest BCUT2D eigenvalue weighted by Gasteiger charge is -2.32. The monoisotopic (exact) mass is 271 g/mol. The van der Waals surface area contributed by atoms with E-state index < -0.39 is 0 Å². The van der Waals surface area contributed by atoms with Crippen molar-refractivity contribution in [3.8, 4) is 0 Å². The third-order valence-corrected chi connectivity index (χ3v) is 3.86. The van der Waals surface area contributed by atoms with Gasteiger partial charge in [-0.25, -0.2) is 0 Å². The second-order valence-corrected chi connectivity index (χ2v) is 5.80. The first-order valence-corrected chi connectivity index (χ1v) is 7.28. The van der Waals surface area contributed by atoms with Crippen LogP contribution in [0.5, 0.6) is 0 Å². The molecule has 1 rings (SSSR count). The van der Waals surface area contributed by atoms with Gasteiger partial charge in [0, 0.05) is 19.1 Å². The molecule has 1 amide bonds.